The van der Waals surface area contributed by atoms with Crippen molar-refractivity contribution in [3.8, 4) is 11.5 Å². The molecule has 0 aliphatic carbocycles. The molecule has 4 rings (SSSR count). The number of aromatic carboxylic acids is 1. The first kappa shape index (κ1) is 30.2. The molecule has 0 saturated carbocycles. The van der Waals surface area contributed by atoms with Crippen LogP contribution < -0.4 is 44.7 Å². The number of rotatable bonds is 6. The van der Waals surface area contributed by atoms with E-state index in [1.807, 2.05) is 13.0 Å². The number of aryl methyl sites for hydroxylation is 1. The van der Waals surface area contributed by atoms with Crippen LogP contribution in [0.25, 0.3) is 0 Å². The Hall–Kier alpha value is -3.00. The van der Waals surface area contributed by atoms with Gasteiger partial charge in [0.2, 0.25) is 0 Å². The Bertz CT molecular complexity index is 1400. The van der Waals surface area contributed by atoms with E-state index in [0.29, 0.717) is 32.7 Å². The van der Waals surface area contributed by atoms with Crippen molar-refractivity contribution in [1.82, 2.24) is 0 Å². The maximum atomic E-state index is 12.1. The van der Waals surface area contributed by atoms with Crippen LogP contribution in [0, 0.1) is 6.92 Å². The normalized spacial score (nSPS) is 9.84. The van der Waals surface area contributed by atoms with Gasteiger partial charge >= 0.3 is 29.6 Å². The molecule has 0 aliphatic rings. The van der Waals surface area contributed by atoms with Crippen molar-refractivity contribution in [2.75, 3.05) is 12.4 Å². The number of hydrogen-bond acceptors (Lipinski definition) is 6. The van der Waals surface area contributed by atoms with Crippen LogP contribution in [0.1, 0.15) is 31.8 Å². The van der Waals surface area contributed by atoms with Gasteiger partial charge in [0.15, 0.2) is 5.78 Å². The molecule has 0 aromatic heterocycles. The van der Waals surface area contributed by atoms with Gasteiger partial charge in [0, 0.05) is 22.9 Å². The second kappa shape index (κ2) is 14.1. The van der Waals surface area contributed by atoms with Crippen LogP contribution in [0.4, 0.5) is 11.4 Å². The molecular formula is C28H22Cl2NNaO5. The monoisotopic (exact) mass is 545 g/mol. The third-order valence-corrected chi connectivity index (χ3v) is 5.98. The molecule has 2 N–H and O–H groups in total. The Morgan fingerprint density at radius 2 is 1.54 bits per heavy atom. The van der Waals surface area contributed by atoms with E-state index in [1.165, 1.54) is 19.2 Å². The van der Waals surface area contributed by atoms with E-state index in [2.05, 4.69) is 5.32 Å². The van der Waals surface area contributed by atoms with E-state index in [-0.39, 0.29) is 52.2 Å². The van der Waals surface area contributed by atoms with E-state index in [4.69, 9.17) is 27.9 Å². The summed E-state index contributed by atoms with van der Waals surface area (Å²) in [6, 6.07) is 23.4. The van der Waals surface area contributed by atoms with Crippen molar-refractivity contribution >= 4 is 46.3 Å². The van der Waals surface area contributed by atoms with Crippen molar-refractivity contribution in [2.45, 2.75) is 6.92 Å². The third-order valence-electron chi connectivity index (χ3n) is 5.18. The van der Waals surface area contributed by atoms with Gasteiger partial charge in [0.05, 0.1) is 34.4 Å². The number of carbonyl (C=O) groups is 2. The number of aromatic hydroxyl groups is 1. The van der Waals surface area contributed by atoms with Gasteiger partial charge in [-0.1, -0.05) is 77.8 Å². The Morgan fingerprint density at radius 1 is 0.892 bits per heavy atom. The first-order valence-electron chi connectivity index (χ1n) is 10.7. The number of phenols is 1. The Labute approximate surface area is 247 Å². The molecule has 0 saturated heterocycles. The molecule has 0 unspecified atom stereocenters. The standard InChI is InChI=1S/C14H11Cl2NO2.C14H12O3.Na/c1-8-6-7-10(15)13(12(8)16)17-11-5-3-2-4-9(11)14(18)19;1-17-11-7-8-12(13(15)9-11)14(16)10-5-3-2-4-6-10;/h2-7,17H,1H3,(H,18,19);2-9,15H,1H3;/q;;+1/p-1. The fraction of sp³-hybridized carbons (Fsp3) is 0.0714. The number of ketones is 1. The SMILES string of the molecule is COc1ccc(C(=O)c2ccccc2)c(O)c1.Cc1ccc(Cl)c(Nc2ccccc2C(=O)[O-])c1Cl.[Na+]. The van der Waals surface area contributed by atoms with Crippen molar-refractivity contribution in [2.24, 2.45) is 0 Å². The van der Waals surface area contributed by atoms with Gasteiger partial charge in [-0.2, -0.15) is 0 Å². The fourth-order valence-electron chi connectivity index (χ4n) is 3.25. The number of phenolic OH excluding ortho intramolecular Hbond substituents is 1. The maximum absolute atomic E-state index is 12.1. The van der Waals surface area contributed by atoms with Gasteiger partial charge in [-0.25, -0.2) is 0 Å². The molecule has 0 radical (unpaired) electrons. The molecule has 4 aromatic rings. The van der Waals surface area contributed by atoms with Crippen LogP contribution in [0.2, 0.25) is 10.0 Å². The van der Waals surface area contributed by atoms with Gasteiger partial charge in [-0.05, 0) is 36.8 Å². The second-order valence-electron chi connectivity index (χ2n) is 7.59. The molecule has 0 spiro atoms. The minimum absolute atomic E-state index is 0. The summed E-state index contributed by atoms with van der Waals surface area (Å²) in [6.45, 7) is 1.84. The largest absolute Gasteiger partial charge is 1.00 e. The molecule has 0 fully saturated rings. The number of para-hydroxylation sites is 1. The number of carboxylic acids is 1. The quantitative estimate of drug-likeness (QED) is 0.285. The Balaban J connectivity index is 0.000000255. The van der Waals surface area contributed by atoms with Crippen molar-refractivity contribution in [3.63, 3.8) is 0 Å². The van der Waals surface area contributed by atoms with Gasteiger partial charge < -0.3 is 25.1 Å². The molecule has 0 atom stereocenters. The van der Waals surface area contributed by atoms with Crippen molar-refractivity contribution < 1.29 is 54.1 Å². The molecule has 0 heterocycles. The summed E-state index contributed by atoms with van der Waals surface area (Å²) in [5.74, 6) is -1.01. The minimum Gasteiger partial charge on any atom is -0.545 e. The van der Waals surface area contributed by atoms with Crippen LogP contribution in [-0.4, -0.2) is 24.0 Å². The number of hydrogen-bond donors (Lipinski definition) is 2. The van der Waals surface area contributed by atoms with E-state index in [1.54, 1.807) is 66.7 Å². The smallest absolute Gasteiger partial charge is 0.545 e. The first-order valence-corrected chi connectivity index (χ1v) is 11.5. The summed E-state index contributed by atoms with van der Waals surface area (Å²) < 4.78 is 4.96. The second-order valence-corrected chi connectivity index (χ2v) is 8.37. The van der Waals surface area contributed by atoms with E-state index < -0.39 is 5.97 Å². The van der Waals surface area contributed by atoms with Crippen molar-refractivity contribution in [1.29, 1.82) is 0 Å². The number of ether oxygens (including phenoxy) is 1. The molecular weight excluding hydrogens is 524 g/mol. The molecule has 0 bridgehead atoms. The summed E-state index contributed by atoms with van der Waals surface area (Å²) in [7, 11) is 1.51. The van der Waals surface area contributed by atoms with E-state index >= 15 is 0 Å². The first-order chi connectivity index (χ1) is 17.2. The number of methoxy groups -OCH3 is 1. The topological polar surface area (TPSA) is 98.7 Å². The molecule has 6 nitrogen and oxygen atoms in total. The Kier molecular flexibility index (Phi) is 11.5. The van der Waals surface area contributed by atoms with E-state index in [0.717, 1.165) is 5.56 Å². The molecule has 184 valence electrons. The zero-order valence-electron chi connectivity index (χ0n) is 20.4. The molecule has 0 amide bonds. The van der Waals surface area contributed by atoms with Gasteiger partial charge in [0.25, 0.3) is 0 Å². The summed E-state index contributed by atoms with van der Waals surface area (Å²) in [5.41, 5.74) is 2.59. The maximum Gasteiger partial charge on any atom is 1.00 e. The van der Waals surface area contributed by atoms with Crippen LogP contribution in [0.15, 0.2) is 84.9 Å². The summed E-state index contributed by atoms with van der Waals surface area (Å²) in [4.78, 5) is 23.1. The molecule has 0 aliphatic heterocycles. The average molecular weight is 546 g/mol. The number of carboxylic acid groups (broad SMARTS) is 1. The average Bonchev–Trinajstić information content (AvgIpc) is 2.89. The number of nitrogens with one attached hydrogen (secondary N) is 1. The molecule has 37 heavy (non-hydrogen) atoms. The predicted molar refractivity (Wildman–Crippen MR) is 140 cm³/mol. The fourth-order valence-corrected chi connectivity index (χ4v) is 3.72. The van der Waals surface area contributed by atoms with Crippen LogP contribution in [-0.2, 0) is 0 Å². The third kappa shape index (κ3) is 7.74. The van der Waals surface area contributed by atoms with Crippen molar-refractivity contribution in [3.05, 3.63) is 117 Å². The van der Waals surface area contributed by atoms with Gasteiger partial charge in [-0.3, -0.25) is 4.79 Å². The zero-order chi connectivity index (χ0) is 26.2. The number of benzene rings is 4. The van der Waals surface area contributed by atoms with Crippen LogP contribution in [0.5, 0.6) is 11.5 Å². The summed E-state index contributed by atoms with van der Waals surface area (Å²) in [5, 5.41) is 24.6. The predicted octanol–water partition coefficient (Wildman–Crippen LogP) is 3.04. The number of anilines is 2. The van der Waals surface area contributed by atoms with Crippen LogP contribution >= 0.6 is 23.2 Å². The molecule has 4 aromatic carbocycles. The number of carbonyl (C=O) groups excluding carboxylic acids is 2. The minimum atomic E-state index is -1.26. The van der Waals surface area contributed by atoms with Gasteiger partial charge in [0.1, 0.15) is 11.5 Å². The number of halogens is 2. The zero-order valence-corrected chi connectivity index (χ0v) is 23.9. The summed E-state index contributed by atoms with van der Waals surface area (Å²) >= 11 is 12.2. The van der Waals surface area contributed by atoms with E-state index in [9.17, 15) is 19.8 Å². The molecule has 9 heteroatoms. The van der Waals surface area contributed by atoms with Gasteiger partial charge in [-0.15, -0.1) is 0 Å². The Morgan fingerprint density at radius 3 is 2.16 bits per heavy atom. The van der Waals surface area contributed by atoms with Crippen LogP contribution in [0.3, 0.4) is 0 Å². The summed E-state index contributed by atoms with van der Waals surface area (Å²) in [6.07, 6.45) is 0.